The number of aromatic amines is 1. The molecule has 4 heteroatoms. The zero-order chi connectivity index (χ0) is 18.1. The van der Waals surface area contributed by atoms with E-state index in [0.717, 1.165) is 27.7 Å². The molecule has 3 rings (SSSR count). The summed E-state index contributed by atoms with van der Waals surface area (Å²) in [4.78, 5) is 27.8. The molecule has 4 nitrogen and oxygen atoms in total. The van der Waals surface area contributed by atoms with Gasteiger partial charge in [0, 0.05) is 22.3 Å². The SMILES string of the molecule is CC(=O)c1c(C)[nH]c(C(=O)[C@@H](C)Nc2cccc3ccccc23)c1C. The van der Waals surface area contributed by atoms with Gasteiger partial charge in [0.2, 0.25) is 5.78 Å². The second kappa shape index (κ2) is 6.55. The molecule has 0 saturated heterocycles. The predicted molar refractivity (Wildman–Crippen MR) is 102 cm³/mol. The number of H-pyrrole nitrogens is 1. The molecular weight excluding hydrogens is 312 g/mol. The molecule has 0 fully saturated rings. The molecule has 0 aliphatic rings. The van der Waals surface area contributed by atoms with Crippen molar-refractivity contribution in [3.63, 3.8) is 0 Å². The topological polar surface area (TPSA) is 62.0 Å². The second-order valence-corrected chi connectivity index (χ2v) is 6.44. The Labute approximate surface area is 147 Å². The number of aromatic nitrogens is 1. The van der Waals surface area contributed by atoms with Crippen LogP contribution in [-0.2, 0) is 0 Å². The first-order chi connectivity index (χ1) is 11.9. The molecule has 0 bridgehead atoms. The molecular formula is C21H22N2O2. The van der Waals surface area contributed by atoms with E-state index in [1.165, 1.54) is 6.92 Å². The van der Waals surface area contributed by atoms with Crippen LogP contribution in [0.1, 0.15) is 46.0 Å². The van der Waals surface area contributed by atoms with Crippen LogP contribution in [0.15, 0.2) is 42.5 Å². The quantitative estimate of drug-likeness (QED) is 0.667. The number of hydrogen-bond donors (Lipinski definition) is 2. The van der Waals surface area contributed by atoms with Crippen molar-refractivity contribution in [3.05, 3.63) is 65.0 Å². The molecule has 0 spiro atoms. The molecule has 0 radical (unpaired) electrons. The van der Waals surface area contributed by atoms with E-state index in [-0.39, 0.29) is 11.6 Å². The molecule has 2 aromatic carbocycles. The van der Waals surface area contributed by atoms with Gasteiger partial charge in [-0.05, 0) is 44.7 Å². The first kappa shape index (κ1) is 17.0. The number of Topliss-reactive ketones (excluding diaryl/α,β-unsaturated/α-hetero) is 2. The summed E-state index contributed by atoms with van der Waals surface area (Å²) in [5.74, 6) is -0.0824. The largest absolute Gasteiger partial charge is 0.375 e. The number of fused-ring (bicyclic) bond motifs is 1. The highest BCUT2D eigenvalue weighted by Gasteiger charge is 2.23. The smallest absolute Gasteiger partial charge is 0.201 e. The minimum atomic E-state index is -0.414. The van der Waals surface area contributed by atoms with Crippen molar-refractivity contribution in [1.29, 1.82) is 0 Å². The van der Waals surface area contributed by atoms with Gasteiger partial charge in [0.25, 0.3) is 0 Å². The minimum Gasteiger partial charge on any atom is -0.375 e. The van der Waals surface area contributed by atoms with E-state index in [0.29, 0.717) is 11.3 Å². The van der Waals surface area contributed by atoms with E-state index in [9.17, 15) is 9.59 Å². The molecule has 0 aliphatic carbocycles. The first-order valence-electron chi connectivity index (χ1n) is 8.38. The summed E-state index contributed by atoms with van der Waals surface area (Å²) in [6, 6.07) is 13.6. The van der Waals surface area contributed by atoms with Gasteiger partial charge in [-0.1, -0.05) is 36.4 Å². The first-order valence-corrected chi connectivity index (χ1v) is 8.38. The van der Waals surface area contributed by atoms with Crippen LogP contribution in [-0.4, -0.2) is 22.6 Å². The van der Waals surface area contributed by atoms with Crippen LogP contribution in [0.25, 0.3) is 10.8 Å². The van der Waals surface area contributed by atoms with Gasteiger partial charge in [-0.25, -0.2) is 0 Å². The summed E-state index contributed by atoms with van der Waals surface area (Å²) in [5.41, 5.74) is 3.50. The van der Waals surface area contributed by atoms with Gasteiger partial charge in [-0.15, -0.1) is 0 Å². The van der Waals surface area contributed by atoms with Crippen LogP contribution >= 0.6 is 0 Å². The van der Waals surface area contributed by atoms with E-state index in [1.807, 2.05) is 63.2 Å². The van der Waals surface area contributed by atoms with Crippen LogP contribution in [0.5, 0.6) is 0 Å². The van der Waals surface area contributed by atoms with E-state index < -0.39 is 6.04 Å². The molecule has 128 valence electrons. The molecule has 2 N–H and O–H groups in total. The minimum absolute atomic E-state index is 0.0278. The van der Waals surface area contributed by atoms with Crippen molar-refractivity contribution in [2.75, 3.05) is 5.32 Å². The van der Waals surface area contributed by atoms with E-state index in [1.54, 1.807) is 0 Å². The number of carbonyl (C=O) groups is 2. The summed E-state index contributed by atoms with van der Waals surface area (Å²) >= 11 is 0. The van der Waals surface area contributed by atoms with Crippen molar-refractivity contribution in [2.24, 2.45) is 0 Å². The van der Waals surface area contributed by atoms with Crippen molar-refractivity contribution in [1.82, 2.24) is 4.98 Å². The maximum absolute atomic E-state index is 12.9. The Bertz CT molecular complexity index is 964. The van der Waals surface area contributed by atoms with Crippen molar-refractivity contribution in [2.45, 2.75) is 33.7 Å². The number of anilines is 1. The van der Waals surface area contributed by atoms with Gasteiger partial charge in [-0.3, -0.25) is 9.59 Å². The highest BCUT2D eigenvalue weighted by molar-refractivity contribution is 6.06. The summed E-state index contributed by atoms with van der Waals surface area (Å²) in [7, 11) is 0. The molecule has 3 aromatic rings. The number of ketones is 2. The fraction of sp³-hybridized carbons (Fsp3) is 0.238. The van der Waals surface area contributed by atoms with Gasteiger partial charge in [0.1, 0.15) is 0 Å². The van der Waals surface area contributed by atoms with Crippen LogP contribution in [0.3, 0.4) is 0 Å². The number of hydrogen-bond acceptors (Lipinski definition) is 3. The molecule has 1 atom stereocenters. The molecule has 0 saturated carbocycles. The number of benzene rings is 2. The molecule has 1 heterocycles. The maximum atomic E-state index is 12.9. The van der Waals surface area contributed by atoms with E-state index >= 15 is 0 Å². The van der Waals surface area contributed by atoms with Crippen LogP contribution in [0.4, 0.5) is 5.69 Å². The zero-order valence-electron chi connectivity index (χ0n) is 14.9. The predicted octanol–water partition coefficient (Wildman–Crippen LogP) is 4.67. The van der Waals surface area contributed by atoms with Gasteiger partial charge in [0.15, 0.2) is 5.78 Å². The lowest BCUT2D eigenvalue weighted by atomic mass is 10.0. The normalized spacial score (nSPS) is 12.2. The molecule has 0 amide bonds. The molecule has 0 aliphatic heterocycles. The highest BCUT2D eigenvalue weighted by Crippen LogP contribution is 2.25. The Morgan fingerprint density at radius 3 is 2.40 bits per heavy atom. The molecule has 0 unspecified atom stereocenters. The standard InChI is InChI=1S/C21H22N2O2/c1-12-19(15(4)24)13(2)23-20(12)21(25)14(3)22-18-11-7-9-16-8-5-6-10-17(16)18/h5-11,14,22-23H,1-4H3/t14-/m1/s1. The van der Waals surface area contributed by atoms with Crippen molar-refractivity contribution in [3.8, 4) is 0 Å². The third-order valence-electron chi connectivity index (χ3n) is 4.59. The van der Waals surface area contributed by atoms with E-state index in [2.05, 4.69) is 10.3 Å². The maximum Gasteiger partial charge on any atom is 0.201 e. The summed E-state index contributed by atoms with van der Waals surface area (Å²) in [6.07, 6.45) is 0. The Hall–Kier alpha value is -2.88. The average Bonchev–Trinajstić information content (AvgIpc) is 2.89. The van der Waals surface area contributed by atoms with Gasteiger partial charge >= 0.3 is 0 Å². The fourth-order valence-electron chi connectivity index (χ4n) is 3.39. The number of nitrogens with one attached hydrogen (secondary N) is 2. The third-order valence-corrected chi connectivity index (χ3v) is 4.59. The number of rotatable bonds is 5. The van der Waals surface area contributed by atoms with Crippen molar-refractivity contribution < 1.29 is 9.59 Å². The number of carbonyl (C=O) groups excluding carboxylic acids is 2. The number of aryl methyl sites for hydroxylation is 1. The lowest BCUT2D eigenvalue weighted by molar-refractivity contribution is 0.0970. The Kier molecular flexibility index (Phi) is 4.45. The Balaban J connectivity index is 1.91. The van der Waals surface area contributed by atoms with Gasteiger partial charge < -0.3 is 10.3 Å². The Morgan fingerprint density at radius 2 is 1.72 bits per heavy atom. The summed E-state index contributed by atoms with van der Waals surface area (Å²) < 4.78 is 0. The molecule has 25 heavy (non-hydrogen) atoms. The van der Waals surface area contributed by atoms with Crippen LogP contribution < -0.4 is 5.32 Å². The van der Waals surface area contributed by atoms with E-state index in [4.69, 9.17) is 0 Å². The Morgan fingerprint density at radius 1 is 1.04 bits per heavy atom. The lowest BCUT2D eigenvalue weighted by Crippen LogP contribution is -2.27. The lowest BCUT2D eigenvalue weighted by Gasteiger charge is -2.16. The highest BCUT2D eigenvalue weighted by atomic mass is 16.1. The fourth-order valence-corrected chi connectivity index (χ4v) is 3.39. The van der Waals surface area contributed by atoms with Gasteiger partial charge in [-0.2, -0.15) is 0 Å². The zero-order valence-corrected chi connectivity index (χ0v) is 14.9. The van der Waals surface area contributed by atoms with Crippen LogP contribution in [0, 0.1) is 13.8 Å². The summed E-state index contributed by atoms with van der Waals surface area (Å²) in [6.45, 7) is 7.00. The monoisotopic (exact) mass is 334 g/mol. The second-order valence-electron chi connectivity index (χ2n) is 6.44. The molecule has 1 aromatic heterocycles. The summed E-state index contributed by atoms with van der Waals surface area (Å²) in [5, 5.41) is 5.51. The van der Waals surface area contributed by atoms with Crippen LogP contribution in [0.2, 0.25) is 0 Å². The third kappa shape index (κ3) is 3.07. The van der Waals surface area contributed by atoms with Gasteiger partial charge in [0.05, 0.1) is 11.7 Å². The average molecular weight is 334 g/mol. The van der Waals surface area contributed by atoms with Crippen molar-refractivity contribution >= 4 is 28.0 Å².